The molecule has 0 bridgehead atoms. The summed E-state index contributed by atoms with van der Waals surface area (Å²) < 4.78 is 18.2. The maximum absolute atomic E-state index is 13.6. The van der Waals surface area contributed by atoms with Gasteiger partial charge in [-0.25, -0.2) is 8.70 Å². The van der Waals surface area contributed by atoms with Crippen molar-refractivity contribution in [2.75, 3.05) is 38.1 Å². The molecule has 1 aromatic heterocycles. The van der Waals surface area contributed by atoms with Crippen molar-refractivity contribution in [3.05, 3.63) is 58.3 Å². The molecule has 0 aliphatic carbocycles. The van der Waals surface area contributed by atoms with Gasteiger partial charge in [-0.1, -0.05) is 6.07 Å². The van der Waals surface area contributed by atoms with Gasteiger partial charge in [0.2, 0.25) is 6.41 Å². The third-order valence-corrected chi connectivity index (χ3v) is 7.71. The van der Waals surface area contributed by atoms with E-state index in [1.165, 1.54) is 22.3 Å². The molecular weight excluding hydrogens is 463 g/mol. The number of nitrogens with two attached hydrogens (primary N) is 1. The fourth-order valence-electron chi connectivity index (χ4n) is 4.31. The SMILES string of the molecule is CN=CC1=C(N)CCN(Sc2cc(C)n(C)c2C)C1.O=CNCc1c(F)cccc1N1CCCC1. The van der Waals surface area contributed by atoms with Crippen LogP contribution in [0, 0.1) is 19.7 Å². The third-order valence-electron chi connectivity index (χ3n) is 6.53. The molecule has 7 nitrogen and oxygen atoms in total. The monoisotopic (exact) mass is 500 g/mol. The lowest BCUT2D eigenvalue weighted by atomic mass is 10.1. The molecular formula is C26H37FN6OS. The number of aromatic nitrogens is 1. The van der Waals surface area contributed by atoms with Crippen molar-refractivity contribution < 1.29 is 9.18 Å². The second-order valence-corrected chi connectivity index (χ2v) is 10.0. The Balaban J connectivity index is 0.000000198. The van der Waals surface area contributed by atoms with Gasteiger partial charge in [-0.2, -0.15) is 0 Å². The van der Waals surface area contributed by atoms with E-state index in [4.69, 9.17) is 5.73 Å². The molecule has 1 fully saturated rings. The molecule has 1 amide bonds. The lowest BCUT2D eigenvalue weighted by Gasteiger charge is -2.26. The summed E-state index contributed by atoms with van der Waals surface area (Å²) in [6.45, 7) is 8.35. The number of carbonyl (C=O) groups excluding carboxylic acids is 1. The molecule has 0 spiro atoms. The van der Waals surface area contributed by atoms with Crippen molar-refractivity contribution in [1.29, 1.82) is 0 Å². The smallest absolute Gasteiger partial charge is 0.207 e. The van der Waals surface area contributed by atoms with Crippen molar-refractivity contribution in [1.82, 2.24) is 14.2 Å². The van der Waals surface area contributed by atoms with E-state index in [0.29, 0.717) is 12.0 Å². The van der Waals surface area contributed by atoms with E-state index in [9.17, 15) is 9.18 Å². The fraction of sp³-hybridized carbons (Fsp3) is 0.462. The second-order valence-electron chi connectivity index (χ2n) is 8.87. The zero-order valence-electron chi connectivity index (χ0n) is 21.2. The minimum atomic E-state index is -0.251. The topological polar surface area (TPSA) is 78.9 Å². The first-order chi connectivity index (χ1) is 16.8. The van der Waals surface area contributed by atoms with E-state index >= 15 is 0 Å². The standard InChI is InChI=1S/C14H22N4S.C12H15FN2O/c1-10-7-14(11(2)17(10)4)19-18-6-5-13(15)12(9-18)8-16-3;13-11-4-3-5-12(10(11)8-14-9-16)15-6-1-2-7-15/h7-8H,5-6,9,15H2,1-4H3;3-5,9H,1-2,6-8H2,(H,14,16). The second kappa shape index (κ2) is 12.8. The van der Waals surface area contributed by atoms with Gasteiger partial charge in [0.05, 0.1) is 0 Å². The molecule has 0 radical (unpaired) electrons. The van der Waals surface area contributed by atoms with Gasteiger partial charge in [-0.05, 0) is 56.8 Å². The highest BCUT2D eigenvalue weighted by atomic mass is 32.2. The number of nitrogens with zero attached hydrogens (tertiary/aromatic N) is 4. The summed E-state index contributed by atoms with van der Waals surface area (Å²) in [5, 5.41) is 2.52. The number of hydrogen-bond acceptors (Lipinski definition) is 6. The summed E-state index contributed by atoms with van der Waals surface area (Å²) in [7, 11) is 3.90. The highest BCUT2D eigenvalue weighted by molar-refractivity contribution is 7.97. The van der Waals surface area contributed by atoms with Crippen molar-refractivity contribution >= 4 is 30.3 Å². The number of rotatable bonds is 7. The minimum Gasteiger partial charge on any atom is -0.402 e. The molecule has 9 heteroatoms. The fourth-order valence-corrected chi connectivity index (χ4v) is 5.46. The molecule has 1 aromatic carbocycles. The number of carbonyl (C=O) groups is 1. The van der Waals surface area contributed by atoms with Crippen LogP contribution in [0.3, 0.4) is 0 Å². The molecule has 0 atom stereocenters. The van der Waals surface area contributed by atoms with E-state index in [0.717, 1.165) is 62.4 Å². The molecule has 0 unspecified atom stereocenters. The van der Waals surface area contributed by atoms with Crippen molar-refractivity contribution in [3.8, 4) is 0 Å². The third kappa shape index (κ3) is 6.89. The number of hydrogen-bond donors (Lipinski definition) is 2. The predicted molar refractivity (Wildman–Crippen MR) is 143 cm³/mol. The van der Waals surface area contributed by atoms with Crippen LogP contribution < -0.4 is 16.0 Å². The Labute approximate surface area is 212 Å². The van der Waals surface area contributed by atoms with Crippen LogP contribution in [-0.4, -0.2) is 54.7 Å². The summed E-state index contributed by atoms with van der Waals surface area (Å²) in [6.07, 6.45) is 5.69. The van der Waals surface area contributed by atoms with E-state index in [2.05, 4.69) is 51.0 Å². The molecule has 4 rings (SSSR count). The molecule has 3 N–H and O–H groups in total. The van der Waals surface area contributed by atoms with E-state index in [1.807, 2.05) is 24.2 Å². The normalized spacial score (nSPS) is 16.5. The van der Waals surface area contributed by atoms with Crippen molar-refractivity contribution in [2.45, 2.75) is 44.6 Å². The molecule has 1 saturated heterocycles. The van der Waals surface area contributed by atoms with E-state index < -0.39 is 0 Å². The van der Waals surface area contributed by atoms with Gasteiger partial charge < -0.3 is 20.5 Å². The predicted octanol–water partition coefficient (Wildman–Crippen LogP) is 3.94. The van der Waals surface area contributed by atoms with E-state index in [-0.39, 0.29) is 12.4 Å². The molecule has 3 heterocycles. The Kier molecular flexibility index (Phi) is 9.80. The van der Waals surface area contributed by atoms with Gasteiger partial charge in [0, 0.05) is 98.3 Å². The zero-order chi connectivity index (χ0) is 25.4. The largest absolute Gasteiger partial charge is 0.402 e. The first kappa shape index (κ1) is 26.8. The number of benzene rings is 1. The molecule has 2 aliphatic rings. The Hall–Kier alpha value is -2.78. The zero-order valence-corrected chi connectivity index (χ0v) is 22.0. The molecule has 2 aliphatic heterocycles. The maximum Gasteiger partial charge on any atom is 0.207 e. The average molecular weight is 501 g/mol. The van der Waals surface area contributed by atoms with Crippen molar-refractivity contribution in [3.63, 3.8) is 0 Å². The van der Waals surface area contributed by atoms with Gasteiger partial charge in [-0.15, -0.1) is 0 Å². The van der Waals surface area contributed by atoms with Crippen LogP contribution in [0.1, 0.15) is 36.2 Å². The first-order valence-electron chi connectivity index (χ1n) is 12.0. The Bertz CT molecular complexity index is 1070. The summed E-state index contributed by atoms with van der Waals surface area (Å²) in [5.74, 6) is -0.251. The van der Waals surface area contributed by atoms with Crippen LogP contribution in [0.25, 0.3) is 0 Å². The van der Waals surface area contributed by atoms with Crippen molar-refractivity contribution in [2.24, 2.45) is 17.8 Å². The van der Waals surface area contributed by atoms with Crippen LogP contribution >= 0.6 is 11.9 Å². The summed E-state index contributed by atoms with van der Waals surface area (Å²) in [6, 6.07) is 7.31. The van der Waals surface area contributed by atoms with Gasteiger partial charge in [0.1, 0.15) is 5.82 Å². The van der Waals surface area contributed by atoms with Gasteiger partial charge >= 0.3 is 0 Å². The van der Waals surface area contributed by atoms with Gasteiger partial charge in [0.25, 0.3) is 0 Å². The summed E-state index contributed by atoms with van der Waals surface area (Å²) in [4.78, 5) is 17.9. The Morgan fingerprint density at radius 2 is 1.97 bits per heavy atom. The van der Waals surface area contributed by atoms with Crippen LogP contribution in [0.4, 0.5) is 10.1 Å². The van der Waals surface area contributed by atoms with Crippen LogP contribution in [0.2, 0.25) is 0 Å². The Morgan fingerprint density at radius 1 is 1.23 bits per heavy atom. The van der Waals surface area contributed by atoms with Gasteiger partial charge in [-0.3, -0.25) is 9.79 Å². The molecule has 0 saturated carbocycles. The summed E-state index contributed by atoms with van der Waals surface area (Å²) in [5.41, 5.74) is 12.2. The number of aryl methyl sites for hydroxylation is 1. The van der Waals surface area contributed by atoms with Crippen LogP contribution in [0.5, 0.6) is 0 Å². The number of nitrogens with one attached hydrogen (secondary N) is 1. The first-order valence-corrected chi connectivity index (χ1v) is 12.8. The van der Waals surface area contributed by atoms with Crippen LogP contribution in [0.15, 0.2) is 45.4 Å². The number of anilines is 1. The Morgan fingerprint density at radius 3 is 2.60 bits per heavy atom. The number of halogens is 1. The number of amides is 1. The minimum absolute atomic E-state index is 0.251. The van der Waals surface area contributed by atoms with E-state index in [1.54, 1.807) is 13.1 Å². The van der Waals surface area contributed by atoms with Crippen LogP contribution in [-0.2, 0) is 18.4 Å². The average Bonchev–Trinajstić information content (AvgIpc) is 3.46. The molecule has 190 valence electrons. The summed E-state index contributed by atoms with van der Waals surface area (Å²) >= 11 is 1.82. The molecule has 2 aromatic rings. The molecule has 35 heavy (non-hydrogen) atoms. The lowest BCUT2D eigenvalue weighted by molar-refractivity contribution is -0.109. The lowest BCUT2D eigenvalue weighted by Crippen LogP contribution is -2.29. The quantitative estimate of drug-likeness (QED) is 0.342. The van der Waals surface area contributed by atoms with Gasteiger partial charge in [0.15, 0.2) is 0 Å². The maximum atomic E-state index is 13.6. The highest BCUT2D eigenvalue weighted by Crippen LogP contribution is 2.31. The number of aliphatic imine (C=N–C) groups is 1. The highest BCUT2D eigenvalue weighted by Gasteiger charge is 2.19.